The maximum absolute atomic E-state index is 12.9. The molecule has 7 nitrogen and oxygen atoms in total. The first-order valence-corrected chi connectivity index (χ1v) is 8.79. The minimum atomic E-state index is -0.193. The summed E-state index contributed by atoms with van der Waals surface area (Å²) >= 11 is 0. The lowest BCUT2D eigenvalue weighted by atomic mass is 10.1. The van der Waals surface area contributed by atoms with Gasteiger partial charge in [0.2, 0.25) is 0 Å². The summed E-state index contributed by atoms with van der Waals surface area (Å²) in [5.74, 6) is 2.25. The molecule has 0 saturated carbocycles. The van der Waals surface area contributed by atoms with E-state index in [1.54, 1.807) is 37.3 Å². The zero-order valence-electron chi connectivity index (χ0n) is 15.6. The van der Waals surface area contributed by atoms with Crippen molar-refractivity contribution in [3.05, 3.63) is 35.7 Å². The average molecular weight is 359 g/mol. The highest BCUT2D eigenvalue weighted by molar-refractivity contribution is 5.91. The minimum Gasteiger partial charge on any atom is -0.497 e. The Morgan fingerprint density at radius 3 is 2.77 bits per heavy atom. The molecular formula is C19H25N3O4. The zero-order chi connectivity index (χ0) is 18.7. The normalized spacial score (nSPS) is 16.8. The molecule has 1 saturated heterocycles. The number of nitrogens with one attached hydrogen (secondary N) is 1. The van der Waals surface area contributed by atoms with Gasteiger partial charge in [0.25, 0.3) is 0 Å². The molecule has 0 bridgehead atoms. The van der Waals surface area contributed by atoms with Crippen molar-refractivity contribution in [2.75, 3.05) is 26.1 Å². The van der Waals surface area contributed by atoms with Crippen molar-refractivity contribution < 1.29 is 18.8 Å². The second-order valence-electron chi connectivity index (χ2n) is 6.66. The number of urea groups is 1. The van der Waals surface area contributed by atoms with Crippen LogP contribution in [0.2, 0.25) is 0 Å². The number of ether oxygens (including phenoxy) is 2. The standard InChI is InChI=1S/C19H25N3O4/c1-12(2)14-11-18(26-21-14)16-6-5-9-22(16)19(23)20-15-10-13(24-3)7-8-17(15)25-4/h7-8,10-12,16H,5-6,9H2,1-4H3,(H,20,23)/t16-/m0/s1. The van der Waals surface area contributed by atoms with Crippen LogP contribution in [0.25, 0.3) is 0 Å². The molecule has 2 amide bonds. The van der Waals surface area contributed by atoms with Gasteiger partial charge in [0, 0.05) is 18.7 Å². The van der Waals surface area contributed by atoms with E-state index >= 15 is 0 Å². The van der Waals surface area contributed by atoms with Crippen LogP contribution < -0.4 is 14.8 Å². The second kappa shape index (κ2) is 7.68. The van der Waals surface area contributed by atoms with Gasteiger partial charge in [0.1, 0.15) is 11.5 Å². The number of hydrogen-bond acceptors (Lipinski definition) is 5. The van der Waals surface area contributed by atoms with E-state index in [4.69, 9.17) is 14.0 Å². The Balaban J connectivity index is 1.78. The summed E-state index contributed by atoms with van der Waals surface area (Å²) in [7, 11) is 3.15. The largest absolute Gasteiger partial charge is 0.497 e. The Morgan fingerprint density at radius 1 is 1.31 bits per heavy atom. The van der Waals surface area contributed by atoms with Gasteiger partial charge in [-0.3, -0.25) is 0 Å². The molecule has 0 aliphatic carbocycles. The molecule has 1 N–H and O–H groups in total. The van der Waals surface area contributed by atoms with Crippen LogP contribution in [0, 0.1) is 0 Å². The van der Waals surface area contributed by atoms with E-state index in [9.17, 15) is 4.79 Å². The van der Waals surface area contributed by atoms with Crippen molar-refractivity contribution in [3.63, 3.8) is 0 Å². The van der Waals surface area contributed by atoms with Crippen LogP contribution in [-0.2, 0) is 0 Å². The summed E-state index contributed by atoms with van der Waals surface area (Å²) in [6.45, 7) is 4.80. The Bertz CT molecular complexity index is 772. The second-order valence-corrected chi connectivity index (χ2v) is 6.66. The lowest BCUT2D eigenvalue weighted by molar-refractivity contribution is 0.195. The molecular weight excluding hydrogens is 334 g/mol. The predicted molar refractivity (Wildman–Crippen MR) is 97.8 cm³/mol. The maximum Gasteiger partial charge on any atom is 0.322 e. The molecule has 2 heterocycles. The Morgan fingerprint density at radius 2 is 2.12 bits per heavy atom. The van der Waals surface area contributed by atoms with Crippen molar-refractivity contribution >= 4 is 11.7 Å². The summed E-state index contributed by atoms with van der Waals surface area (Å²) in [4.78, 5) is 14.6. The Kier molecular flexibility index (Phi) is 5.35. The van der Waals surface area contributed by atoms with Crippen molar-refractivity contribution in [1.29, 1.82) is 0 Å². The SMILES string of the molecule is COc1ccc(OC)c(NC(=O)N2CCC[C@H]2c2cc(C(C)C)no2)c1. The van der Waals surface area contributed by atoms with E-state index < -0.39 is 0 Å². The maximum atomic E-state index is 12.9. The van der Waals surface area contributed by atoms with Crippen LogP contribution in [0.5, 0.6) is 11.5 Å². The fraction of sp³-hybridized carbons (Fsp3) is 0.474. The van der Waals surface area contributed by atoms with Crippen LogP contribution in [0.3, 0.4) is 0 Å². The number of amides is 2. The number of carbonyl (C=O) groups excluding carboxylic acids is 1. The topological polar surface area (TPSA) is 76.8 Å². The van der Waals surface area contributed by atoms with Crippen LogP contribution in [0.4, 0.5) is 10.5 Å². The fourth-order valence-electron chi connectivity index (χ4n) is 3.14. The highest BCUT2D eigenvalue weighted by Crippen LogP contribution is 2.35. The van der Waals surface area contributed by atoms with E-state index in [1.165, 1.54) is 0 Å². The van der Waals surface area contributed by atoms with E-state index in [1.807, 2.05) is 6.07 Å². The van der Waals surface area contributed by atoms with E-state index in [0.717, 1.165) is 24.3 Å². The highest BCUT2D eigenvalue weighted by atomic mass is 16.5. The van der Waals surface area contributed by atoms with Crippen LogP contribution >= 0.6 is 0 Å². The molecule has 0 unspecified atom stereocenters. The van der Waals surface area contributed by atoms with Crippen molar-refractivity contribution in [1.82, 2.24) is 10.1 Å². The number of anilines is 1. The first-order chi connectivity index (χ1) is 12.5. The van der Waals surface area contributed by atoms with Gasteiger partial charge in [0.15, 0.2) is 5.76 Å². The number of carbonyl (C=O) groups is 1. The molecule has 3 rings (SSSR count). The zero-order valence-corrected chi connectivity index (χ0v) is 15.6. The number of hydrogen-bond donors (Lipinski definition) is 1. The van der Waals surface area contributed by atoms with E-state index in [-0.39, 0.29) is 18.0 Å². The fourth-order valence-corrected chi connectivity index (χ4v) is 3.14. The molecule has 0 spiro atoms. The van der Waals surface area contributed by atoms with Gasteiger partial charge in [-0.25, -0.2) is 4.79 Å². The van der Waals surface area contributed by atoms with Crippen LogP contribution in [0.1, 0.15) is 50.1 Å². The molecule has 1 aliphatic rings. The Hall–Kier alpha value is -2.70. The molecule has 26 heavy (non-hydrogen) atoms. The first kappa shape index (κ1) is 18.1. The number of rotatable bonds is 5. The van der Waals surface area contributed by atoms with Gasteiger partial charge in [-0.15, -0.1) is 0 Å². The molecule has 7 heteroatoms. The van der Waals surface area contributed by atoms with Gasteiger partial charge in [-0.05, 0) is 30.9 Å². The minimum absolute atomic E-state index is 0.105. The summed E-state index contributed by atoms with van der Waals surface area (Å²) in [6.07, 6.45) is 1.78. The summed E-state index contributed by atoms with van der Waals surface area (Å²) in [5.41, 5.74) is 1.48. The third-order valence-electron chi connectivity index (χ3n) is 4.63. The van der Waals surface area contributed by atoms with Crippen molar-refractivity contribution in [3.8, 4) is 11.5 Å². The number of benzene rings is 1. The van der Waals surface area contributed by atoms with Gasteiger partial charge in [-0.1, -0.05) is 19.0 Å². The van der Waals surface area contributed by atoms with E-state index in [0.29, 0.717) is 23.7 Å². The van der Waals surface area contributed by atoms with Gasteiger partial charge in [-0.2, -0.15) is 0 Å². The lowest BCUT2D eigenvalue weighted by Crippen LogP contribution is -2.34. The number of likely N-dealkylation sites (tertiary alicyclic amines) is 1. The monoisotopic (exact) mass is 359 g/mol. The smallest absolute Gasteiger partial charge is 0.322 e. The van der Waals surface area contributed by atoms with Crippen molar-refractivity contribution in [2.24, 2.45) is 0 Å². The molecule has 1 fully saturated rings. The molecule has 1 aliphatic heterocycles. The van der Waals surface area contributed by atoms with Crippen LogP contribution in [0.15, 0.2) is 28.8 Å². The third kappa shape index (κ3) is 3.61. The average Bonchev–Trinajstić information content (AvgIpc) is 3.30. The quantitative estimate of drug-likeness (QED) is 0.866. The highest BCUT2D eigenvalue weighted by Gasteiger charge is 2.33. The number of aromatic nitrogens is 1. The number of methoxy groups -OCH3 is 2. The van der Waals surface area contributed by atoms with Gasteiger partial charge < -0.3 is 24.2 Å². The molecule has 0 radical (unpaired) electrons. The Labute approximate surface area is 153 Å². The van der Waals surface area contributed by atoms with Gasteiger partial charge >= 0.3 is 6.03 Å². The third-order valence-corrected chi connectivity index (χ3v) is 4.63. The van der Waals surface area contributed by atoms with Gasteiger partial charge in [0.05, 0.1) is 31.6 Å². The summed E-state index contributed by atoms with van der Waals surface area (Å²) < 4.78 is 16.1. The molecule has 140 valence electrons. The lowest BCUT2D eigenvalue weighted by Gasteiger charge is -2.23. The number of nitrogens with zero attached hydrogens (tertiary/aromatic N) is 2. The molecule has 1 aromatic carbocycles. The van der Waals surface area contributed by atoms with Crippen LogP contribution in [-0.4, -0.2) is 36.9 Å². The molecule has 2 aromatic rings. The van der Waals surface area contributed by atoms with Crippen molar-refractivity contribution in [2.45, 2.75) is 38.6 Å². The molecule has 1 atom stereocenters. The summed E-state index contributed by atoms with van der Waals surface area (Å²) in [6, 6.07) is 6.95. The first-order valence-electron chi connectivity index (χ1n) is 8.79. The predicted octanol–water partition coefficient (Wildman–Crippen LogP) is 4.18. The van der Waals surface area contributed by atoms with E-state index in [2.05, 4.69) is 24.3 Å². The molecule has 1 aromatic heterocycles. The summed E-state index contributed by atoms with van der Waals surface area (Å²) in [5, 5.41) is 7.05.